The molecule has 30 heavy (non-hydrogen) atoms. The van der Waals surface area contributed by atoms with Crippen molar-refractivity contribution in [2.45, 2.75) is 26.9 Å². The van der Waals surface area contributed by atoms with E-state index in [2.05, 4.69) is 10.6 Å². The summed E-state index contributed by atoms with van der Waals surface area (Å²) in [4.78, 5) is 36.1. The van der Waals surface area contributed by atoms with Gasteiger partial charge < -0.3 is 24.8 Å². The summed E-state index contributed by atoms with van der Waals surface area (Å²) < 4.78 is 15.4. The highest BCUT2D eigenvalue weighted by Gasteiger charge is 2.19. The molecule has 0 radical (unpaired) electrons. The average Bonchev–Trinajstić information content (AvgIpc) is 2.73. The Kier molecular flexibility index (Phi) is 8.22. The highest BCUT2D eigenvalue weighted by atomic mass is 16.6. The molecule has 0 saturated heterocycles. The molecule has 0 bridgehead atoms. The van der Waals surface area contributed by atoms with Gasteiger partial charge in [-0.1, -0.05) is 18.2 Å². The summed E-state index contributed by atoms with van der Waals surface area (Å²) in [7, 11) is 1.55. The lowest BCUT2D eigenvalue weighted by molar-refractivity contribution is -0.156. The molecule has 2 aromatic carbocycles. The Morgan fingerprint density at radius 2 is 1.57 bits per heavy atom. The summed E-state index contributed by atoms with van der Waals surface area (Å²) >= 11 is 0. The number of amides is 2. The first-order valence-corrected chi connectivity index (χ1v) is 9.40. The molecule has 0 heterocycles. The van der Waals surface area contributed by atoms with E-state index in [9.17, 15) is 14.4 Å². The fraction of sp³-hybridized carbons (Fsp3) is 0.318. The quantitative estimate of drug-likeness (QED) is 0.611. The molecule has 2 aromatic rings. The van der Waals surface area contributed by atoms with Crippen molar-refractivity contribution in [1.29, 1.82) is 0 Å². The van der Waals surface area contributed by atoms with Crippen LogP contribution in [0, 0.1) is 13.8 Å². The van der Waals surface area contributed by atoms with Gasteiger partial charge in [0.2, 0.25) is 5.91 Å². The average molecular weight is 414 g/mol. The van der Waals surface area contributed by atoms with Gasteiger partial charge in [-0.15, -0.1) is 0 Å². The van der Waals surface area contributed by atoms with Crippen molar-refractivity contribution in [2.75, 3.05) is 25.6 Å². The number of carbonyl (C=O) groups is 3. The molecule has 0 aliphatic rings. The van der Waals surface area contributed by atoms with E-state index >= 15 is 0 Å². The predicted molar refractivity (Wildman–Crippen MR) is 112 cm³/mol. The number of aryl methyl sites for hydroxylation is 2. The van der Waals surface area contributed by atoms with Crippen molar-refractivity contribution in [2.24, 2.45) is 0 Å². The summed E-state index contributed by atoms with van der Waals surface area (Å²) in [5.74, 6) is -0.523. The number of nitrogens with one attached hydrogen (secondary N) is 2. The first kappa shape index (κ1) is 22.7. The van der Waals surface area contributed by atoms with Gasteiger partial charge in [0.15, 0.2) is 12.7 Å². The maximum Gasteiger partial charge on any atom is 0.344 e. The zero-order chi connectivity index (χ0) is 22.1. The fourth-order valence-corrected chi connectivity index (χ4v) is 2.61. The Labute approximate surface area is 175 Å². The van der Waals surface area contributed by atoms with Gasteiger partial charge >= 0.3 is 5.97 Å². The lowest BCUT2D eigenvalue weighted by Crippen LogP contribution is -2.40. The summed E-state index contributed by atoms with van der Waals surface area (Å²) in [5, 5.41) is 5.22. The molecule has 8 nitrogen and oxygen atoms in total. The number of benzene rings is 2. The number of methoxy groups -OCH3 is 1. The molecular weight excluding hydrogens is 388 g/mol. The van der Waals surface area contributed by atoms with Gasteiger partial charge in [0.25, 0.3) is 5.91 Å². The van der Waals surface area contributed by atoms with Gasteiger partial charge in [-0.25, -0.2) is 4.79 Å². The number of ether oxygens (including phenoxy) is 3. The smallest absolute Gasteiger partial charge is 0.344 e. The van der Waals surface area contributed by atoms with Crippen LogP contribution in [0.15, 0.2) is 42.5 Å². The van der Waals surface area contributed by atoms with Crippen LogP contribution >= 0.6 is 0 Å². The molecule has 2 N–H and O–H groups in total. The SMILES string of the molecule is COc1ccc(OCC(=O)OC(C)C(=O)NCC(=O)Nc2c(C)cccc2C)cc1. The molecule has 0 aliphatic heterocycles. The molecule has 1 unspecified atom stereocenters. The number of anilines is 1. The van der Waals surface area contributed by atoms with E-state index in [0.717, 1.165) is 11.1 Å². The van der Waals surface area contributed by atoms with Gasteiger partial charge in [-0.2, -0.15) is 0 Å². The van der Waals surface area contributed by atoms with E-state index < -0.39 is 18.0 Å². The minimum absolute atomic E-state index is 0.239. The minimum Gasteiger partial charge on any atom is -0.497 e. The molecule has 0 aromatic heterocycles. The molecule has 0 aliphatic carbocycles. The van der Waals surface area contributed by atoms with Crippen molar-refractivity contribution in [3.05, 3.63) is 53.6 Å². The molecule has 0 saturated carbocycles. The van der Waals surface area contributed by atoms with E-state index in [1.807, 2.05) is 32.0 Å². The third-order valence-corrected chi connectivity index (χ3v) is 4.26. The van der Waals surface area contributed by atoms with Crippen LogP contribution < -0.4 is 20.1 Å². The zero-order valence-corrected chi connectivity index (χ0v) is 17.5. The second-order valence-corrected chi connectivity index (χ2v) is 6.63. The maximum absolute atomic E-state index is 12.1. The predicted octanol–water partition coefficient (Wildman–Crippen LogP) is 2.38. The Morgan fingerprint density at radius 1 is 0.967 bits per heavy atom. The Morgan fingerprint density at radius 3 is 2.17 bits per heavy atom. The van der Waals surface area contributed by atoms with Crippen LogP contribution in [0.4, 0.5) is 5.69 Å². The van der Waals surface area contributed by atoms with Crippen molar-refractivity contribution >= 4 is 23.5 Å². The Balaban J connectivity index is 1.74. The first-order chi connectivity index (χ1) is 14.3. The second kappa shape index (κ2) is 10.8. The number of hydrogen-bond acceptors (Lipinski definition) is 6. The molecule has 1 atom stereocenters. The van der Waals surface area contributed by atoms with Gasteiger partial charge in [0.05, 0.1) is 13.7 Å². The molecule has 2 rings (SSSR count). The lowest BCUT2D eigenvalue weighted by atomic mass is 10.1. The van der Waals surface area contributed by atoms with Crippen LogP contribution in [0.25, 0.3) is 0 Å². The largest absolute Gasteiger partial charge is 0.497 e. The van der Waals surface area contributed by atoms with E-state index in [1.54, 1.807) is 31.4 Å². The molecule has 8 heteroatoms. The third kappa shape index (κ3) is 6.80. The van der Waals surface area contributed by atoms with Crippen molar-refractivity contribution in [3.63, 3.8) is 0 Å². The van der Waals surface area contributed by atoms with Crippen molar-refractivity contribution in [3.8, 4) is 11.5 Å². The molecule has 0 fully saturated rings. The van der Waals surface area contributed by atoms with E-state index in [-0.39, 0.29) is 19.1 Å². The summed E-state index contributed by atoms with van der Waals surface area (Å²) in [6, 6.07) is 12.4. The summed E-state index contributed by atoms with van der Waals surface area (Å²) in [6.07, 6.45) is -1.06. The first-order valence-electron chi connectivity index (χ1n) is 9.40. The molecule has 2 amide bonds. The van der Waals surface area contributed by atoms with Gasteiger partial charge in [-0.3, -0.25) is 9.59 Å². The summed E-state index contributed by atoms with van der Waals surface area (Å²) in [5.41, 5.74) is 2.56. The zero-order valence-electron chi connectivity index (χ0n) is 17.5. The second-order valence-electron chi connectivity index (χ2n) is 6.63. The lowest BCUT2D eigenvalue weighted by Gasteiger charge is -2.15. The van der Waals surface area contributed by atoms with Crippen LogP contribution in [0.5, 0.6) is 11.5 Å². The van der Waals surface area contributed by atoms with Crippen LogP contribution in [0.3, 0.4) is 0 Å². The topological polar surface area (TPSA) is 103 Å². The highest BCUT2D eigenvalue weighted by molar-refractivity contribution is 5.96. The monoisotopic (exact) mass is 414 g/mol. The van der Waals surface area contributed by atoms with Crippen LogP contribution in [0.1, 0.15) is 18.1 Å². The van der Waals surface area contributed by atoms with Crippen molar-refractivity contribution < 1.29 is 28.6 Å². The summed E-state index contributed by atoms with van der Waals surface area (Å²) in [6.45, 7) is 4.60. The normalized spacial score (nSPS) is 11.2. The van der Waals surface area contributed by atoms with Crippen molar-refractivity contribution in [1.82, 2.24) is 5.32 Å². The Hall–Kier alpha value is -3.55. The van der Waals surface area contributed by atoms with Gasteiger partial charge in [0.1, 0.15) is 11.5 Å². The standard InChI is InChI=1S/C22H26N2O6/c1-14-6-5-7-15(2)21(14)24-19(25)12-23-22(27)16(3)30-20(26)13-29-18-10-8-17(28-4)9-11-18/h5-11,16H,12-13H2,1-4H3,(H,23,27)(H,24,25). The number of carbonyl (C=O) groups excluding carboxylic acids is 3. The van der Waals surface area contributed by atoms with Crippen LogP contribution in [0.2, 0.25) is 0 Å². The van der Waals surface area contributed by atoms with E-state index in [0.29, 0.717) is 17.2 Å². The third-order valence-electron chi connectivity index (χ3n) is 4.26. The number of rotatable bonds is 9. The highest BCUT2D eigenvalue weighted by Crippen LogP contribution is 2.19. The minimum atomic E-state index is -1.06. The molecule has 0 spiro atoms. The number of hydrogen-bond donors (Lipinski definition) is 2. The molecular formula is C22H26N2O6. The van der Waals surface area contributed by atoms with Gasteiger partial charge in [-0.05, 0) is 56.2 Å². The van der Waals surface area contributed by atoms with Crippen LogP contribution in [-0.2, 0) is 19.1 Å². The molecule has 160 valence electrons. The number of esters is 1. The fourth-order valence-electron chi connectivity index (χ4n) is 2.61. The number of para-hydroxylation sites is 1. The van der Waals surface area contributed by atoms with Gasteiger partial charge in [0, 0.05) is 5.69 Å². The maximum atomic E-state index is 12.1. The van der Waals surface area contributed by atoms with E-state index in [4.69, 9.17) is 14.2 Å². The van der Waals surface area contributed by atoms with E-state index in [1.165, 1.54) is 6.92 Å². The van der Waals surface area contributed by atoms with Crippen LogP contribution in [-0.4, -0.2) is 44.1 Å². The Bertz CT molecular complexity index is 875.